The Morgan fingerprint density at radius 3 is 2.39 bits per heavy atom. The molecule has 6 heteroatoms. The molecule has 0 aliphatic heterocycles. The highest BCUT2D eigenvalue weighted by Gasteiger charge is 2.23. The average Bonchev–Trinajstić information content (AvgIpc) is 3.25. The zero-order valence-corrected chi connectivity index (χ0v) is 23.5. The number of aryl methyl sites for hydroxylation is 2. The van der Waals surface area contributed by atoms with Gasteiger partial charge in [0.1, 0.15) is 31.5 Å². The normalized spacial score (nSPS) is 11.6. The van der Waals surface area contributed by atoms with Gasteiger partial charge in [-0.25, -0.2) is 4.98 Å². The number of imidazole rings is 1. The predicted octanol–water partition coefficient (Wildman–Crippen LogP) is 6.81. The lowest BCUT2D eigenvalue weighted by molar-refractivity contribution is -0.120. The van der Waals surface area contributed by atoms with Gasteiger partial charge in [0.2, 0.25) is 5.91 Å². The largest absolute Gasteiger partial charge is 0.486 e. The lowest BCUT2D eigenvalue weighted by Gasteiger charge is -2.27. The molecule has 0 aliphatic rings. The number of anilines is 1. The van der Waals surface area contributed by atoms with Gasteiger partial charge in [-0.05, 0) is 66.6 Å². The molecule has 1 heterocycles. The Morgan fingerprint density at radius 2 is 1.71 bits per heavy atom. The number of benzene rings is 3. The molecular weight excluding hydrogens is 474 g/mol. The number of hydrogen-bond acceptors (Lipinski definition) is 4. The lowest BCUT2D eigenvalue weighted by Crippen LogP contribution is -2.37. The van der Waals surface area contributed by atoms with E-state index in [0.29, 0.717) is 12.4 Å². The number of hydrogen-bond donors (Lipinski definition) is 0. The molecule has 3 aromatic carbocycles. The third kappa shape index (κ3) is 6.08. The van der Waals surface area contributed by atoms with Gasteiger partial charge in [0.05, 0.1) is 16.7 Å². The van der Waals surface area contributed by atoms with Crippen LogP contribution in [0.15, 0.2) is 66.7 Å². The number of para-hydroxylation sites is 3. The molecule has 200 valence electrons. The molecule has 0 bridgehead atoms. The van der Waals surface area contributed by atoms with E-state index in [1.165, 1.54) is 5.56 Å². The van der Waals surface area contributed by atoms with Crippen LogP contribution in [0.25, 0.3) is 11.0 Å². The van der Waals surface area contributed by atoms with Gasteiger partial charge in [-0.15, -0.1) is 0 Å². The van der Waals surface area contributed by atoms with Crippen molar-refractivity contribution in [3.8, 4) is 5.75 Å². The molecule has 0 aliphatic carbocycles. The minimum atomic E-state index is -0.0543. The quantitative estimate of drug-likeness (QED) is 0.219. The molecule has 4 aromatic rings. The standard InChI is InChI=1S/C32H39N3O3/c1-7-24-13-11-12-23(3)31(24)35(22-37-8-2)30(36)20-34-28-15-10-9-14-27(28)33-29(34)21-38-26-18-16-25(17-19-26)32(4,5)6/h9-19H,7-8,20-22H2,1-6H3. The van der Waals surface area contributed by atoms with Crippen molar-refractivity contribution in [2.24, 2.45) is 0 Å². The first-order valence-corrected chi connectivity index (χ1v) is 13.4. The lowest BCUT2D eigenvalue weighted by atomic mass is 9.87. The summed E-state index contributed by atoms with van der Waals surface area (Å²) in [4.78, 5) is 20.5. The molecule has 1 aromatic heterocycles. The number of carbonyl (C=O) groups is 1. The van der Waals surface area contributed by atoms with E-state index in [9.17, 15) is 4.79 Å². The number of carbonyl (C=O) groups excluding carboxylic acids is 1. The number of ether oxygens (including phenoxy) is 2. The summed E-state index contributed by atoms with van der Waals surface area (Å²) >= 11 is 0. The molecule has 4 rings (SSSR count). The number of fused-ring (bicyclic) bond motifs is 1. The van der Waals surface area contributed by atoms with E-state index >= 15 is 0 Å². The van der Waals surface area contributed by atoms with Gasteiger partial charge in [-0.3, -0.25) is 9.69 Å². The highest BCUT2D eigenvalue weighted by molar-refractivity contribution is 5.95. The Hall–Kier alpha value is -3.64. The molecule has 38 heavy (non-hydrogen) atoms. The molecule has 0 atom stereocenters. The van der Waals surface area contributed by atoms with Gasteiger partial charge < -0.3 is 14.0 Å². The Bertz CT molecular complexity index is 1380. The predicted molar refractivity (Wildman–Crippen MR) is 154 cm³/mol. The van der Waals surface area contributed by atoms with Crippen LogP contribution in [0.5, 0.6) is 5.75 Å². The second-order valence-electron chi connectivity index (χ2n) is 10.5. The van der Waals surface area contributed by atoms with Crippen LogP contribution in [-0.4, -0.2) is 28.8 Å². The SMILES string of the molecule is CCOCN(C(=O)Cn1c(COc2ccc(C(C)(C)C)cc2)nc2ccccc21)c1c(C)cccc1CC. The van der Waals surface area contributed by atoms with E-state index in [0.717, 1.165) is 40.0 Å². The van der Waals surface area contributed by atoms with Crippen molar-refractivity contribution in [1.29, 1.82) is 0 Å². The highest BCUT2D eigenvalue weighted by atomic mass is 16.5. The molecule has 0 saturated carbocycles. The van der Waals surface area contributed by atoms with Crippen molar-refractivity contribution in [3.05, 3.63) is 89.2 Å². The zero-order valence-electron chi connectivity index (χ0n) is 23.5. The monoisotopic (exact) mass is 513 g/mol. The van der Waals surface area contributed by atoms with Gasteiger partial charge in [0.15, 0.2) is 0 Å². The molecule has 0 N–H and O–H groups in total. The third-order valence-corrected chi connectivity index (χ3v) is 6.81. The minimum Gasteiger partial charge on any atom is -0.486 e. The molecule has 0 saturated heterocycles. The number of nitrogens with zero attached hydrogens (tertiary/aromatic N) is 3. The molecule has 6 nitrogen and oxygen atoms in total. The van der Waals surface area contributed by atoms with Crippen molar-refractivity contribution in [1.82, 2.24) is 9.55 Å². The molecule has 0 fully saturated rings. The van der Waals surface area contributed by atoms with Crippen LogP contribution in [0.2, 0.25) is 0 Å². The van der Waals surface area contributed by atoms with Gasteiger partial charge in [0, 0.05) is 6.61 Å². The summed E-state index contributed by atoms with van der Waals surface area (Å²) in [7, 11) is 0. The molecule has 0 spiro atoms. The van der Waals surface area contributed by atoms with Crippen molar-refractivity contribution in [2.75, 3.05) is 18.2 Å². The number of aromatic nitrogens is 2. The first-order valence-electron chi connectivity index (χ1n) is 13.4. The highest BCUT2D eigenvalue weighted by Crippen LogP contribution is 2.28. The first kappa shape index (κ1) is 27.4. The van der Waals surface area contributed by atoms with Gasteiger partial charge >= 0.3 is 0 Å². The van der Waals surface area contributed by atoms with E-state index in [2.05, 4.69) is 45.9 Å². The van der Waals surface area contributed by atoms with E-state index in [4.69, 9.17) is 14.5 Å². The smallest absolute Gasteiger partial charge is 0.248 e. The summed E-state index contributed by atoms with van der Waals surface area (Å²) in [6.45, 7) is 13.8. The molecular formula is C32H39N3O3. The summed E-state index contributed by atoms with van der Waals surface area (Å²) in [6, 6.07) is 22.2. The summed E-state index contributed by atoms with van der Waals surface area (Å²) in [5.74, 6) is 1.42. The fourth-order valence-corrected chi connectivity index (χ4v) is 4.67. The van der Waals surface area contributed by atoms with Crippen LogP contribution in [0.1, 0.15) is 57.1 Å². The second-order valence-corrected chi connectivity index (χ2v) is 10.5. The Labute approximate surface area is 226 Å². The fraction of sp³-hybridized carbons (Fsp3) is 0.375. The second kappa shape index (κ2) is 11.8. The topological polar surface area (TPSA) is 56.6 Å². The van der Waals surface area contributed by atoms with Gasteiger partial charge in [0.25, 0.3) is 0 Å². The summed E-state index contributed by atoms with van der Waals surface area (Å²) in [5, 5.41) is 0. The zero-order chi connectivity index (χ0) is 27.3. The van der Waals surface area contributed by atoms with Gasteiger partial charge in [-0.2, -0.15) is 0 Å². The van der Waals surface area contributed by atoms with Crippen molar-refractivity contribution < 1.29 is 14.3 Å². The van der Waals surface area contributed by atoms with E-state index in [-0.39, 0.29) is 31.2 Å². The van der Waals surface area contributed by atoms with E-state index in [1.54, 1.807) is 4.90 Å². The van der Waals surface area contributed by atoms with Crippen LogP contribution in [0.3, 0.4) is 0 Å². The Kier molecular flexibility index (Phi) is 8.52. The van der Waals surface area contributed by atoms with Gasteiger partial charge in [-0.1, -0.05) is 70.2 Å². The maximum absolute atomic E-state index is 13.9. The fourth-order valence-electron chi connectivity index (χ4n) is 4.67. The summed E-state index contributed by atoms with van der Waals surface area (Å²) < 4.78 is 13.9. The van der Waals surface area contributed by atoms with Crippen LogP contribution >= 0.6 is 0 Å². The maximum Gasteiger partial charge on any atom is 0.248 e. The molecule has 0 radical (unpaired) electrons. The number of amides is 1. The number of rotatable bonds is 10. The maximum atomic E-state index is 13.9. The van der Waals surface area contributed by atoms with E-state index < -0.39 is 0 Å². The van der Waals surface area contributed by atoms with Crippen LogP contribution in [0.4, 0.5) is 5.69 Å². The summed E-state index contributed by atoms with van der Waals surface area (Å²) in [5.41, 5.74) is 6.16. The Morgan fingerprint density at radius 1 is 0.974 bits per heavy atom. The average molecular weight is 514 g/mol. The molecule has 0 unspecified atom stereocenters. The van der Waals surface area contributed by atoms with Crippen molar-refractivity contribution in [2.45, 2.75) is 66.5 Å². The van der Waals surface area contributed by atoms with Crippen LogP contribution in [-0.2, 0) is 34.5 Å². The Balaban J connectivity index is 1.63. The van der Waals surface area contributed by atoms with Crippen LogP contribution in [0, 0.1) is 6.92 Å². The van der Waals surface area contributed by atoms with E-state index in [1.807, 2.05) is 66.9 Å². The first-order chi connectivity index (χ1) is 18.2. The summed E-state index contributed by atoms with van der Waals surface area (Å²) in [6.07, 6.45) is 0.827. The minimum absolute atomic E-state index is 0.0543. The van der Waals surface area contributed by atoms with Crippen molar-refractivity contribution >= 4 is 22.6 Å². The third-order valence-electron chi connectivity index (χ3n) is 6.81. The van der Waals surface area contributed by atoms with Crippen LogP contribution < -0.4 is 9.64 Å². The van der Waals surface area contributed by atoms with Crippen molar-refractivity contribution in [3.63, 3.8) is 0 Å². The molecule has 1 amide bonds.